The molecule has 9 nitrogen and oxygen atoms in total. The van der Waals surface area contributed by atoms with Crippen molar-refractivity contribution in [2.45, 2.75) is 36.2 Å². The van der Waals surface area contributed by atoms with Crippen molar-refractivity contribution in [3.63, 3.8) is 0 Å². The summed E-state index contributed by atoms with van der Waals surface area (Å²) in [6.07, 6.45) is 1.94. The molecule has 4 N–H and O–H groups in total. The standard InChI is InChI=1S/C16H22N4O5S/c1-16(14(21)19-15(22)20-16)12-8-11(5-6-13(12)25-2)26(23,24)18-9-10-4-3-7-17-10/h5-6,8,10,17-18H,3-4,7,9H2,1-2H3,(H2,19,20,21,22). The number of rotatable bonds is 6. The lowest BCUT2D eigenvalue weighted by atomic mass is 9.91. The van der Waals surface area contributed by atoms with E-state index in [2.05, 4.69) is 20.7 Å². The first-order valence-corrected chi connectivity index (χ1v) is 9.80. The van der Waals surface area contributed by atoms with Crippen molar-refractivity contribution < 1.29 is 22.7 Å². The quantitative estimate of drug-likeness (QED) is 0.504. The zero-order valence-corrected chi connectivity index (χ0v) is 15.4. The van der Waals surface area contributed by atoms with Crippen LogP contribution in [0.1, 0.15) is 25.3 Å². The maximum Gasteiger partial charge on any atom is 0.322 e. The molecular formula is C16H22N4O5S. The van der Waals surface area contributed by atoms with Crippen LogP contribution in [0.25, 0.3) is 0 Å². The van der Waals surface area contributed by atoms with E-state index < -0.39 is 27.5 Å². The molecule has 2 aliphatic rings. The maximum atomic E-state index is 12.6. The molecule has 2 heterocycles. The van der Waals surface area contributed by atoms with Crippen LogP contribution in [0.5, 0.6) is 5.75 Å². The van der Waals surface area contributed by atoms with Crippen LogP contribution < -0.4 is 25.4 Å². The first-order chi connectivity index (χ1) is 12.3. The number of benzene rings is 1. The second kappa shape index (κ2) is 6.86. The normalized spacial score (nSPS) is 25.8. The fourth-order valence-electron chi connectivity index (χ4n) is 3.20. The number of ether oxygens (including phenoxy) is 1. The van der Waals surface area contributed by atoms with Gasteiger partial charge in [-0.3, -0.25) is 10.1 Å². The largest absolute Gasteiger partial charge is 0.496 e. The summed E-state index contributed by atoms with van der Waals surface area (Å²) in [6.45, 7) is 2.67. The molecule has 3 rings (SSSR count). The second-order valence-electron chi connectivity index (χ2n) is 6.54. The van der Waals surface area contributed by atoms with Crippen LogP contribution >= 0.6 is 0 Å². The zero-order valence-electron chi connectivity index (χ0n) is 14.6. The number of urea groups is 1. The van der Waals surface area contributed by atoms with Gasteiger partial charge in [0, 0.05) is 18.2 Å². The number of sulfonamides is 1. The lowest BCUT2D eigenvalue weighted by molar-refractivity contribution is -0.123. The van der Waals surface area contributed by atoms with E-state index in [0.29, 0.717) is 5.75 Å². The monoisotopic (exact) mass is 382 g/mol. The number of amides is 3. The van der Waals surface area contributed by atoms with Crippen molar-refractivity contribution in [3.05, 3.63) is 23.8 Å². The number of hydrogen-bond donors (Lipinski definition) is 4. The molecule has 0 aliphatic carbocycles. The average molecular weight is 382 g/mol. The molecular weight excluding hydrogens is 360 g/mol. The van der Waals surface area contributed by atoms with Gasteiger partial charge in [-0.05, 0) is 44.5 Å². The van der Waals surface area contributed by atoms with E-state index in [4.69, 9.17) is 4.74 Å². The van der Waals surface area contributed by atoms with E-state index in [9.17, 15) is 18.0 Å². The highest BCUT2D eigenvalue weighted by molar-refractivity contribution is 7.89. The number of carbonyl (C=O) groups is 2. The van der Waals surface area contributed by atoms with Crippen molar-refractivity contribution in [1.29, 1.82) is 0 Å². The Labute approximate surface area is 151 Å². The molecule has 0 aromatic heterocycles. The number of hydrogen-bond acceptors (Lipinski definition) is 6. The molecule has 26 heavy (non-hydrogen) atoms. The third-order valence-electron chi connectivity index (χ3n) is 4.75. The minimum Gasteiger partial charge on any atom is -0.496 e. The highest BCUT2D eigenvalue weighted by atomic mass is 32.2. The molecule has 2 aliphatic heterocycles. The van der Waals surface area contributed by atoms with Crippen molar-refractivity contribution >= 4 is 22.0 Å². The summed E-state index contributed by atoms with van der Waals surface area (Å²) in [4.78, 5) is 23.8. The van der Waals surface area contributed by atoms with Crippen LogP contribution in [-0.2, 0) is 20.4 Å². The van der Waals surface area contributed by atoms with Crippen molar-refractivity contribution in [2.75, 3.05) is 20.2 Å². The Hall–Kier alpha value is -2.17. The van der Waals surface area contributed by atoms with Crippen LogP contribution in [0.2, 0.25) is 0 Å². The van der Waals surface area contributed by atoms with Gasteiger partial charge in [0.05, 0.1) is 12.0 Å². The van der Waals surface area contributed by atoms with Gasteiger partial charge < -0.3 is 15.4 Å². The van der Waals surface area contributed by atoms with Gasteiger partial charge >= 0.3 is 6.03 Å². The smallest absolute Gasteiger partial charge is 0.322 e. The van der Waals surface area contributed by atoms with E-state index in [1.54, 1.807) is 0 Å². The van der Waals surface area contributed by atoms with E-state index >= 15 is 0 Å². The predicted molar refractivity (Wildman–Crippen MR) is 93.2 cm³/mol. The van der Waals surface area contributed by atoms with Gasteiger partial charge in [0.15, 0.2) is 0 Å². The third-order valence-corrected chi connectivity index (χ3v) is 6.17. The number of carbonyl (C=O) groups excluding carboxylic acids is 2. The number of methoxy groups -OCH3 is 1. The Morgan fingerprint density at radius 2 is 2.12 bits per heavy atom. The predicted octanol–water partition coefficient (Wildman–Crippen LogP) is -0.220. The number of nitrogens with one attached hydrogen (secondary N) is 4. The van der Waals surface area contributed by atoms with Crippen LogP contribution in [-0.4, -0.2) is 46.6 Å². The lowest BCUT2D eigenvalue weighted by Gasteiger charge is -2.24. The molecule has 2 fully saturated rings. The highest BCUT2D eigenvalue weighted by Crippen LogP contribution is 2.34. The fourth-order valence-corrected chi connectivity index (χ4v) is 4.31. The molecule has 2 saturated heterocycles. The van der Waals surface area contributed by atoms with Gasteiger partial charge in [-0.2, -0.15) is 0 Å². The van der Waals surface area contributed by atoms with Crippen molar-refractivity contribution in [1.82, 2.24) is 20.7 Å². The summed E-state index contributed by atoms with van der Waals surface area (Å²) in [6, 6.07) is 3.71. The van der Waals surface area contributed by atoms with E-state index in [1.807, 2.05) is 0 Å². The molecule has 142 valence electrons. The molecule has 0 spiro atoms. The van der Waals surface area contributed by atoms with Gasteiger partial charge in [0.25, 0.3) is 5.91 Å². The summed E-state index contributed by atoms with van der Waals surface area (Å²) >= 11 is 0. The SMILES string of the molecule is COc1ccc(S(=O)(=O)NCC2CCCN2)cc1C1(C)NC(=O)NC1=O. The topological polar surface area (TPSA) is 126 Å². The minimum atomic E-state index is -3.77. The molecule has 0 saturated carbocycles. The van der Waals surface area contributed by atoms with Gasteiger partial charge in [-0.25, -0.2) is 17.9 Å². The Balaban J connectivity index is 1.91. The Morgan fingerprint density at radius 1 is 1.35 bits per heavy atom. The highest BCUT2D eigenvalue weighted by Gasteiger charge is 2.45. The first kappa shape index (κ1) is 18.6. The van der Waals surface area contributed by atoms with E-state index in [-0.39, 0.29) is 23.0 Å². The summed E-state index contributed by atoms with van der Waals surface area (Å²) in [5.41, 5.74) is -1.15. The van der Waals surface area contributed by atoms with Gasteiger partial charge in [0.2, 0.25) is 10.0 Å². The third kappa shape index (κ3) is 3.39. The molecule has 0 radical (unpaired) electrons. The second-order valence-corrected chi connectivity index (χ2v) is 8.31. The van der Waals surface area contributed by atoms with Gasteiger partial charge in [-0.1, -0.05) is 0 Å². The summed E-state index contributed by atoms with van der Waals surface area (Å²) in [5, 5.41) is 7.91. The average Bonchev–Trinajstić information content (AvgIpc) is 3.21. The summed E-state index contributed by atoms with van der Waals surface area (Å²) in [5.74, 6) is -0.264. The number of imide groups is 1. The zero-order chi connectivity index (χ0) is 18.9. The Kier molecular flexibility index (Phi) is 4.91. The van der Waals surface area contributed by atoms with E-state index in [1.165, 1.54) is 32.2 Å². The molecule has 2 unspecified atom stereocenters. The van der Waals surface area contributed by atoms with Crippen LogP contribution in [0.15, 0.2) is 23.1 Å². The molecule has 0 bridgehead atoms. The van der Waals surface area contributed by atoms with Gasteiger partial charge in [0.1, 0.15) is 11.3 Å². The molecule has 3 amide bonds. The lowest BCUT2D eigenvalue weighted by Crippen LogP contribution is -2.41. The molecule has 10 heteroatoms. The first-order valence-electron chi connectivity index (χ1n) is 8.31. The fraction of sp³-hybridized carbons (Fsp3) is 0.500. The van der Waals surface area contributed by atoms with Crippen LogP contribution in [0.3, 0.4) is 0 Å². The minimum absolute atomic E-state index is 0.00136. The summed E-state index contributed by atoms with van der Waals surface area (Å²) < 4.78 is 33.1. The van der Waals surface area contributed by atoms with Crippen molar-refractivity contribution in [2.24, 2.45) is 0 Å². The van der Waals surface area contributed by atoms with Crippen LogP contribution in [0, 0.1) is 0 Å². The van der Waals surface area contributed by atoms with Crippen LogP contribution in [0.4, 0.5) is 4.79 Å². The van der Waals surface area contributed by atoms with Crippen molar-refractivity contribution in [3.8, 4) is 5.75 Å². The molecule has 1 aromatic rings. The maximum absolute atomic E-state index is 12.6. The molecule has 1 aromatic carbocycles. The van der Waals surface area contributed by atoms with Gasteiger partial charge in [-0.15, -0.1) is 0 Å². The van der Waals surface area contributed by atoms with E-state index in [0.717, 1.165) is 19.4 Å². The Morgan fingerprint density at radius 3 is 2.69 bits per heavy atom. The Bertz CT molecular complexity index is 835. The summed E-state index contributed by atoms with van der Waals surface area (Å²) in [7, 11) is -2.36. The molecule has 2 atom stereocenters.